The van der Waals surface area contributed by atoms with Gasteiger partial charge in [-0.25, -0.2) is 8.42 Å². The standard InChI is InChI=1S/C27H35N3O5S.ClH/c1-20(31)23-7-5-22(6-8-23)17-29-15-13-27(14-16-29)30(19-25(35-27)18-28(3)4)36(33,34)26-11-9-24(10-12-26)21(2)32;/h5-12,25H,13-19H2,1-4H3;1H. The van der Waals surface area contributed by atoms with E-state index in [1.165, 1.54) is 19.1 Å². The summed E-state index contributed by atoms with van der Waals surface area (Å²) in [6.07, 6.45) is 0.900. The molecule has 202 valence electrons. The van der Waals surface area contributed by atoms with Crippen LogP contribution in [0, 0.1) is 0 Å². The van der Waals surface area contributed by atoms with Gasteiger partial charge in [0.25, 0.3) is 0 Å². The highest BCUT2D eigenvalue weighted by Crippen LogP contribution is 2.41. The highest BCUT2D eigenvalue weighted by Gasteiger charge is 2.53. The molecule has 0 bridgehead atoms. The first-order valence-corrected chi connectivity index (χ1v) is 13.7. The summed E-state index contributed by atoms with van der Waals surface area (Å²) in [7, 11) is 0.0850. The summed E-state index contributed by atoms with van der Waals surface area (Å²) in [5.74, 6) is -0.0568. The summed E-state index contributed by atoms with van der Waals surface area (Å²) in [5, 5.41) is 0. The molecule has 0 N–H and O–H groups in total. The molecule has 10 heteroatoms. The van der Waals surface area contributed by atoms with Crippen molar-refractivity contribution in [2.24, 2.45) is 0 Å². The summed E-state index contributed by atoms with van der Waals surface area (Å²) >= 11 is 0. The molecule has 0 radical (unpaired) electrons. The fourth-order valence-electron chi connectivity index (χ4n) is 5.10. The zero-order chi connectivity index (χ0) is 26.1. The van der Waals surface area contributed by atoms with Crippen molar-refractivity contribution in [3.8, 4) is 0 Å². The number of rotatable bonds is 8. The molecule has 0 saturated carbocycles. The maximum Gasteiger partial charge on any atom is 0.245 e. The van der Waals surface area contributed by atoms with Crippen LogP contribution in [0.25, 0.3) is 0 Å². The molecule has 0 aliphatic carbocycles. The summed E-state index contributed by atoms with van der Waals surface area (Å²) in [6.45, 7) is 6.06. The zero-order valence-electron chi connectivity index (χ0n) is 21.8. The Morgan fingerprint density at radius 1 is 0.946 bits per heavy atom. The lowest BCUT2D eigenvalue weighted by molar-refractivity contribution is -0.117. The normalized spacial score (nSPS) is 20.2. The highest BCUT2D eigenvalue weighted by atomic mass is 35.5. The van der Waals surface area contributed by atoms with E-state index >= 15 is 0 Å². The number of ketones is 2. The molecule has 1 unspecified atom stereocenters. The van der Waals surface area contributed by atoms with Crippen molar-refractivity contribution < 1.29 is 22.7 Å². The second-order valence-corrected chi connectivity index (χ2v) is 12.0. The van der Waals surface area contributed by atoms with Gasteiger partial charge in [0.15, 0.2) is 11.6 Å². The Kier molecular flexibility index (Phi) is 9.32. The average Bonchev–Trinajstić information content (AvgIpc) is 3.18. The van der Waals surface area contributed by atoms with Crippen molar-refractivity contribution in [3.63, 3.8) is 0 Å². The van der Waals surface area contributed by atoms with Crippen LogP contribution in [0.4, 0.5) is 0 Å². The van der Waals surface area contributed by atoms with Crippen molar-refractivity contribution in [2.45, 2.75) is 50.0 Å². The number of Topliss-reactive ketones (excluding diaryl/α,β-unsaturated/α-hetero) is 2. The van der Waals surface area contributed by atoms with Gasteiger partial charge < -0.3 is 9.64 Å². The van der Waals surface area contributed by atoms with Crippen molar-refractivity contribution in [3.05, 3.63) is 65.2 Å². The molecule has 0 amide bonds. The molecular formula is C27H36ClN3O5S. The molecule has 4 rings (SSSR count). The van der Waals surface area contributed by atoms with Gasteiger partial charge in [0.05, 0.1) is 11.0 Å². The summed E-state index contributed by atoms with van der Waals surface area (Å²) in [5.41, 5.74) is 1.40. The van der Waals surface area contributed by atoms with Crippen LogP contribution in [-0.4, -0.2) is 86.2 Å². The van der Waals surface area contributed by atoms with Gasteiger partial charge in [-0.15, -0.1) is 12.4 Å². The molecule has 2 aliphatic rings. The molecule has 2 saturated heterocycles. The van der Waals surface area contributed by atoms with E-state index in [4.69, 9.17) is 4.74 Å². The van der Waals surface area contributed by atoms with Crippen LogP contribution < -0.4 is 0 Å². The minimum atomic E-state index is -3.82. The Morgan fingerprint density at radius 3 is 1.95 bits per heavy atom. The molecule has 8 nitrogen and oxygen atoms in total. The summed E-state index contributed by atoms with van der Waals surface area (Å²) < 4.78 is 35.6. The van der Waals surface area contributed by atoms with Crippen molar-refractivity contribution in [1.29, 1.82) is 0 Å². The van der Waals surface area contributed by atoms with E-state index < -0.39 is 15.7 Å². The molecule has 37 heavy (non-hydrogen) atoms. The van der Waals surface area contributed by atoms with Gasteiger partial charge in [0.2, 0.25) is 10.0 Å². The Morgan fingerprint density at radius 2 is 1.46 bits per heavy atom. The molecular weight excluding hydrogens is 514 g/mol. The number of nitrogens with zero attached hydrogens (tertiary/aromatic N) is 3. The van der Waals surface area contributed by atoms with Gasteiger partial charge >= 0.3 is 0 Å². The Balaban J connectivity index is 0.00000380. The first-order valence-electron chi connectivity index (χ1n) is 12.3. The van der Waals surface area contributed by atoms with E-state index in [9.17, 15) is 18.0 Å². The molecule has 2 aromatic carbocycles. The number of carbonyl (C=O) groups is 2. The fourth-order valence-corrected chi connectivity index (χ4v) is 6.86. The van der Waals surface area contributed by atoms with Gasteiger partial charge in [-0.3, -0.25) is 14.5 Å². The second-order valence-electron chi connectivity index (χ2n) is 10.1. The summed E-state index contributed by atoms with van der Waals surface area (Å²) in [6, 6.07) is 13.8. The van der Waals surface area contributed by atoms with Gasteiger partial charge in [0, 0.05) is 56.7 Å². The van der Waals surface area contributed by atoms with Gasteiger partial charge in [0.1, 0.15) is 5.72 Å². The van der Waals surface area contributed by atoms with Gasteiger partial charge in [-0.05, 0) is 45.6 Å². The Hall–Kier alpha value is -2.14. The number of ether oxygens (including phenoxy) is 1. The molecule has 2 fully saturated rings. The van der Waals surface area contributed by atoms with Crippen LogP contribution in [0.3, 0.4) is 0 Å². The molecule has 2 aliphatic heterocycles. The topological polar surface area (TPSA) is 87.2 Å². The number of hydrogen-bond acceptors (Lipinski definition) is 7. The van der Waals surface area contributed by atoms with Crippen LogP contribution in [0.15, 0.2) is 53.4 Å². The van der Waals surface area contributed by atoms with E-state index in [0.29, 0.717) is 50.1 Å². The third-order valence-electron chi connectivity index (χ3n) is 7.03. The number of likely N-dealkylation sites (N-methyl/N-ethyl adjacent to an activating group) is 1. The smallest absolute Gasteiger partial charge is 0.245 e. The third kappa shape index (κ3) is 6.47. The van der Waals surface area contributed by atoms with Crippen molar-refractivity contribution in [2.75, 3.05) is 40.3 Å². The lowest BCUT2D eigenvalue weighted by atomic mass is 10.00. The Labute approximate surface area is 226 Å². The van der Waals surface area contributed by atoms with E-state index in [0.717, 1.165) is 12.1 Å². The largest absolute Gasteiger partial charge is 0.353 e. The van der Waals surface area contributed by atoms with E-state index in [1.54, 1.807) is 23.4 Å². The minimum absolute atomic E-state index is 0. The van der Waals surface area contributed by atoms with E-state index in [1.807, 2.05) is 43.3 Å². The predicted octanol–water partition coefficient (Wildman–Crippen LogP) is 3.46. The van der Waals surface area contributed by atoms with Crippen LogP contribution in [-0.2, 0) is 21.3 Å². The average molecular weight is 550 g/mol. The SMILES string of the molecule is CC(=O)c1ccc(CN2CCC3(CC2)OC(CN(C)C)CN3S(=O)(=O)c2ccc(C(C)=O)cc2)cc1.Cl. The number of halogens is 1. The molecule has 2 aromatic rings. The van der Waals surface area contributed by atoms with Crippen molar-refractivity contribution >= 4 is 34.0 Å². The lowest BCUT2D eigenvalue weighted by Crippen LogP contribution is -2.54. The molecule has 1 spiro atoms. The first kappa shape index (κ1) is 29.4. The number of hydrogen-bond donors (Lipinski definition) is 0. The van der Waals surface area contributed by atoms with Crippen LogP contribution in [0.2, 0.25) is 0 Å². The fraction of sp³-hybridized carbons (Fsp3) is 0.481. The number of piperidine rings is 1. The van der Waals surface area contributed by atoms with E-state index in [2.05, 4.69) is 4.90 Å². The molecule has 2 heterocycles. The van der Waals surface area contributed by atoms with Crippen molar-refractivity contribution in [1.82, 2.24) is 14.1 Å². The molecule has 0 aromatic heterocycles. The maximum absolute atomic E-state index is 13.8. The van der Waals surface area contributed by atoms with Gasteiger partial charge in [-0.1, -0.05) is 36.4 Å². The lowest BCUT2D eigenvalue weighted by Gasteiger charge is -2.43. The van der Waals surface area contributed by atoms with Crippen LogP contribution in [0.5, 0.6) is 0 Å². The predicted molar refractivity (Wildman–Crippen MR) is 145 cm³/mol. The van der Waals surface area contributed by atoms with E-state index in [-0.39, 0.29) is 35.0 Å². The molecule has 1 atom stereocenters. The number of sulfonamides is 1. The zero-order valence-corrected chi connectivity index (χ0v) is 23.5. The first-order chi connectivity index (χ1) is 17.0. The minimum Gasteiger partial charge on any atom is -0.353 e. The van der Waals surface area contributed by atoms with Crippen LogP contribution >= 0.6 is 12.4 Å². The maximum atomic E-state index is 13.8. The highest BCUT2D eigenvalue weighted by molar-refractivity contribution is 7.89. The van der Waals surface area contributed by atoms with Crippen LogP contribution in [0.1, 0.15) is 53.0 Å². The summed E-state index contributed by atoms with van der Waals surface area (Å²) in [4.78, 5) is 27.7. The monoisotopic (exact) mass is 549 g/mol. The Bertz CT molecular complexity index is 1210. The quantitative estimate of drug-likeness (QED) is 0.466. The third-order valence-corrected chi connectivity index (χ3v) is 8.96. The number of carbonyl (C=O) groups excluding carboxylic acids is 2. The number of likely N-dealkylation sites (tertiary alicyclic amines) is 1. The second kappa shape index (κ2) is 11.7. The number of benzene rings is 2. The van der Waals surface area contributed by atoms with Gasteiger partial charge in [-0.2, -0.15) is 4.31 Å².